The van der Waals surface area contributed by atoms with Crippen LogP contribution in [-0.2, 0) is 14.6 Å². The van der Waals surface area contributed by atoms with E-state index in [4.69, 9.17) is 0 Å². The van der Waals surface area contributed by atoms with Crippen molar-refractivity contribution in [1.29, 1.82) is 0 Å². The molecule has 1 aliphatic heterocycles. The van der Waals surface area contributed by atoms with Gasteiger partial charge in [-0.1, -0.05) is 6.92 Å². The van der Waals surface area contributed by atoms with E-state index >= 15 is 0 Å². The van der Waals surface area contributed by atoms with Gasteiger partial charge in [-0.2, -0.15) is 0 Å². The Kier molecular flexibility index (Phi) is 5.39. The van der Waals surface area contributed by atoms with Gasteiger partial charge in [0.25, 0.3) is 0 Å². The predicted octanol–water partition coefficient (Wildman–Crippen LogP) is 1.83. The number of aromatic nitrogens is 1. The lowest BCUT2D eigenvalue weighted by Gasteiger charge is -2.21. The second-order valence-electron chi connectivity index (χ2n) is 5.57. The van der Waals surface area contributed by atoms with E-state index in [1.165, 1.54) is 6.92 Å². The Hall–Kier alpha value is -1.63. The third-order valence-electron chi connectivity index (χ3n) is 3.85. The lowest BCUT2D eigenvalue weighted by atomic mass is 10.3. The van der Waals surface area contributed by atoms with E-state index in [1.807, 2.05) is 0 Å². The van der Waals surface area contributed by atoms with Crippen LogP contribution in [0.1, 0.15) is 33.1 Å². The second-order valence-corrected chi connectivity index (χ2v) is 8.01. The molecule has 1 unspecified atom stereocenters. The maximum Gasteiger partial charge on any atom is 0.242 e. The standard InChI is InChI=1S/C15H23N3O3S/c1-3-11-22(20,21)12(2)15(19)17-13-7-6-8-16-14(13)18-9-4-5-10-18/h6-8,12H,3-5,9-11H2,1-2H3,(H,17,19). The summed E-state index contributed by atoms with van der Waals surface area (Å²) in [6.07, 6.45) is 4.39. The molecule has 122 valence electrons. The van der Waals surface area contributed by atoms with Crippen LogP contribution in [0.3, 0.4) is 0 Å². The molecule has 0 bridgehead atoms. The fourth-order valence-electron chi connectivity index (χ4n) is 2.53. The Morgan fingerprint density at radius 1 is 1.41 bits per heavy atom. The lowest BCUT2D eigenvalue weighted by Crippen LogP contribution is -2.34. The van der Waals surface area contributed by atoms with Crippen LogP contribution in [0.4, 0.5) is 11.5 Å². The molecular formula is C15H23N3O3S. The zero-order valence-electron chi connectivity index (χ0n) is 13.1. The number of anilines is 2. The van der Waals surface area contributed by atoms with Crippen molar-refractivity contribution in [3.63, 3.8) is 0 Å². The molecule has 1 fully saturated rings. The van der Waals surface area contributed by atoms with E-state index in [2.05, 4.69) is 15.2 Å². The molecule has 1 aromatic heterocycles. The van der Waals surface area contributed by atoms with Crippen LogP contribution in [-0.4, -0.2) is 43.4 Å². The number of rotatable bonds is 6. The maximum atomic E-state index is 12.3. The summed E-state index contributed by atoms with van der Waals surface area (Å²) in [5, 5.41) is 1.67. The van der Waals surface area contributed by atoms with Gasteiger partial charge in [0.15, 0.2) is 15.7 Å². The topological polar surface area (TPSA) is 79.4 Å². The second kappa shape index (κ2) is 7.09. The van der Waals surface area contributed by atoms with Crippen LogP contribution < -0.4 is 10.2 Å². The highest BCUT2D eigenvalue weighted by Crippen LogP contribution is 2.26. The molecule has 1 N–H and O–H groups in total. The zero-order valence-corrected chi connectivity index (χ0v) is 13.9. The fraction of sp³-hybridized carbons (Fsp3) is 0.600. The zero-order chi connectivity index (χ0) is 16.2. The van der Waals surface area contributed by atoms with Gasteiger partial charge in [0, 0.05) is 19.3 Å². The normalized spacial score (nSPS) is 16.5. The molecule has 0 spiro atoms. The summed E-state index contributed by atoms with van der Waals surface area (Å²) in [7, 11) is -3.41. The van der Waals surface area contributed by atoms with Gasteiger partial charge in [0.05, 0.1) is 11.4 Å². The molecule has 1 amide bonds. The molecule has 0 aromatic carbocycles. The highest BCUT2D eigenvalue weighted by Gasteiger charge is 2.28. The summed E-state index contributed by atoms with van der Waals surface area (Å²) in [6.45, 7) is 5.04. The molecule has 0 radical (unpaired) electrons. The van der Waals surface area contributed by atoms with Gasteiger partial charge in [-0.25, -0.2) is 13.4 Å². The first kappa shape index (κ1) is 16.7. The number of carbonyl (C=O) groups is 1. The monoisotopic (exact) mass is 325 g/mol. The van der Waals surface area contributed by atoms with Gasteiger partial charge >= 0.3 is 0 Å². The van der Waals surface area contributed by atoms with Crippen molar-refractivity contribution in [2.75, 3.05) is 29.1 Å². The fourth-order valence-corrected chi connectivity index (χ4v) is 3.84. The molecule has 6 nitrogen and oxygen atoms in total. The van der Waals surface area contributed by atoms with Crippen molar-refractivity contribution in [3.8, 4) is 0 Å². The van der Waals surface area contributed by atoms with Crippen molar-refractivity contribution < 1.29 is 13.2 Å². The van der Waals surface area contributed by atoms with Gasteiger partial charge in [0.2, 0.25) is 5.91 Å². The molecule has 1 atom stereocenters. The summed E-state index contributed by atoms with van der Waals surface area (Å²) >= 11 is 0. The highest BCUT2D eigenvalue weighted by molar-refractivity contribution is 7.92. The van der Waals surface area contributed by atoms with E-state index < -0.39 is 21.0 Å². The number of hydrogen-bond donors (Lipinski definition) is 1. The van der Waals surface area contributed by atoms with Crippen molar-refractivity contribution in [2.24, 2.45) is 0 Å². The van der Waals surface area contributed by atoms with E-state index in [-0.39, 0.29) is 5.75 Å². The molecule has 0 aliphatic carbocycles. The van der Waals surface area contributed by atoms with E-state index in [9.17, 15) is 13.2 Å². The van der Waals surface area contributed by atoms with Crippen LogP contribution in [0.15, 0.2) is 18.3 Å². The Bertz CT molecular complexity index is 625. The first-order valence-corrected chi connectivity index (χ1v) is 9.39. The number of nitrogens with one attached hydrogen (secondary N) is 1. The third kappa shape index (κ3) is 3.76. The number of hydrogen-bond acceptors (Lipinski definition) is 5. The summed E-state index contributed by atoms with van der Waals surface area (Å²) in [6, 6.07) is 3.50. The SMILES string of the molecule is CCCS(=O)(=O)C(C)C(=O)Nc1cccnc1N1CCCC1. The molecule has 2 rings (SSSR count). The lowest BCUT2D eigenvalue weighted by molar-refractivity contribution is -0.115. The largest absolute Gasteiger partial charge is 0.355 e. The first-order valence-electron chi connectivity index (χ1n) is 7.68. The minimum Gasteiger partial charge on any atom is -0.355 e. The quantitative estimate of drug-likeness (QED) is 0.863. The van der Waals surface area contributed by atoms with Gasteiger partial charge in [-0.3, -0.25) is 4.79 Å². The molecule has 0 saturated carbocycles. The number of carbonyl (C=O) groups excluding carboxylic acids is 1. The molecule has 7 heteroatoms. The summed E-state index contributed by atoms with van der Waals surface area (Å²) in [5.74, 6) is 0.239. The van der Waals surface area contributed by atoms with Gasteiger partial charge in [-0.15, -0.1) is 0 Å². The average molecular weight is 325 g/mol. The Morgan fingerprint density at radius 3 is 2.73 bits per heavy atom. The van der Waals surface area contributed by atoms with Crippen molar-refractivity contribution in [3.05, 3.63) is 18.3 Å². The van der Waals surface area contributed by atoms with Gasteiger partial charge in [-0.05, 0) is 38.3 Å². The number of pyridine rings is 1. The summed E-state index contributed by atoms with van der Waals surface area (Å²) in [5.41, 5.74) is 0.577. The first-order chi connectivity index (χ1) is 10.5. The van der Waals surface area contributed by atoms with Crippen LogP contribution >= 0.6 is 0 Å². The maximum absolute atomic E-state index is 12.3. The minimum atomic E-state index is -3.41. The van der Waals surface area contributed by atoms with Crippen LogP contribution in [0, 0.1) is 0 Å². The minimum absolute atomic E-state index is 0.0214. The Balaban J connectivity index is 2.15. The van der Waals surface area contributed by atoms with E-state index in [1.54, 1.807) is 25.3 Å². The van der Waals surface area contributed by atoms with E-state index in [0.717, 1.165) is 25.9 Å². The van der Waals surface area contributed by atoms with Crippen LogP contribution in [0.5, 0.6) is 0 Å². The Labute approximate surface area is 131 Å². The highest BCUT2D eigenvalue weighted by atomic mass is 32.2. The van der Waals surface area contributed by atoms with Crippen molar-refractivity contribution >= 4 is 27.2 Å². The number of sulfone groups is 1. The van der Waals surface area contributed by atoms with Gasteiger partial charge < -0.3 is 10.2 Å². The predicted molar refractivity (Wildman–Crippen MR) is 87.9 cm³/mol. The molecule has 1 saturated heterocycles. The molecule has 1 aliphatic rings. The van der Waals surface area contributed by atoms with Crippen LogP contribution in [0.25, 0.3) is 0 Å². The van der Waals surface area contributed by atoms with E-state index in [0.29, 0.717) is 17.9 Å². The van der Waals surface area contributed by atoms with Gasteiger partial charge in [0.1, 0.15) is 5.25 Å². The molecule has 1 aromatic rings. The number of nitrogens with zero attached hydrogens (tertiary/aromatic N) is 2. The smallest absolute Gasteiger partial charge is 0.242 e. The summed E-state index contributed by atoms with van der Waals surface area (Å²) < 4.78 is 24.0. The summed E-state index contributed by atoms with van der Waals surface area (Å²) in [4.78, 5) is 18.7. The molecule has 2 heterocycles. The number of amides is 1. The van der Waals surface area contributed by atoms with Crippen molar-refractivity contribution in [1.82, 2.24) is 4.98 Å². The molecular weight excluding hydrogens is 302 g/mol. The Morgan fingerprint density at radius 2 is 2.09 bits per heavy atom. The third-order valence-corrected chi connectivity index (χ3v) is 6.12. The van der Waals surface area contributed by atoms with Crippen LogP contribution in [0.2, 0.25) is 0 Å². The molecule has 22 heavy (non-hydrogen) atoms. The average Bonchev–Trinajstić information content (AvgIpc) is 3.01. The van der Waals surface area contributed by atoms with Crippen molar-refractivity contribution in [2.45, 2.75) is 38.4 Å².